The molecule has 6 heteroatoms. The normalized spacial score (nSPS) is 19.5. The molecule has 5 nitrogen and oxygen atoms in total. The highest BCUT2D eigenvalue weighted by Crippen LogP contribution is 2.15. The van der Waals surface area contributed by atoms with Gasteiger partial charge >= 0.3 is 5.97 Å². The smallest absolute Gasteiger partial charge is 0.306 e. The molecule has 1 aliphatic heterocycles. The molecule has 1 atom stereocenters. The van der Waals surface area contributed by atoms with Gasteiger partial charge in [0.1, 0.15) is 12.4 Å². The lowest BCUT2D eigenvalue weighted by Gasteiger charge is -2.32. The second kappa shape index (κ2) is 5.79. The van der Waals surface area contributed by atoms with Gasteiger partial charge in [0.2, 0.25) is 5.91 Å². The molecule has 1 aliphatic rings. The number of halogens is 1. The van der Waals surface area contributed by atoms with Gasteiger partial charge in [-0.05, 0) is 6.07 Å². The van der Waals surface area contributed by atoms with Crippen LogP contribution in [0, 0.1) is 5.82 Å². The molecular formula is C13H14FNO4. The Hall–Kier alpha value is -1.95. The highest BCUT2D eigenvalue weighted by molar-refractivity contribution is 5.78. The van der Waals surface area contributed by atoms with E-state index in [1.54, 1.807) is 18.2 Å². The van der Waals surface area contributed by atoms with Crippen molar-refractivity contribution in [1.82, 2.24) is 4.90 Å². The summed E-state index contributed by atoms with van der Waals surface area (Å²) in [5.41, 5.74) is 0.409. The number of benzene rings is 1. The van der Waals surface area contributed by atoms with Crippen molar-refractivity contribution in [2.45, 2.75) is 19.1 Å². The molecule has 0 spiro atoms. The molecule has 0 aromatic heterocycles. The van der Waals surface area contributed by atoms with Crippen LogP contribution in [0.25, 0.3) is 0 Å². The van der Waals surface area contributed by atoms with Crippen LogP contribution in [0.4, 0.5) is 4.39 Å². The Labute approximate surface area is 109 Å². The highest BCUT2D eigenvalue weighted by atomic mass is 19.1. The van der Waals surface area contributed by atoms with Gasteiger partial charge in [-0.15, -0.1) is 0 Å². The Morgan fingerprint density at radius 2 is 2.21 bits per heavy atom. The lowest BCUT2D eigenvalue weighted by Crippen LogP contribution is -2.46. The van der Waals surface area contributed by atoms with E-state index in [0.29, 0.717) is 5.56 Å². The van der Waals surface area contributed by atoms with Gasteiger partial charge in [0.15, 0.2) is 0 Å². The van der Waals surface area contributed by atoms with Crippen LogP contribution in [-0.4, -0.2) is 41.1 Å². The van der Waals surface area contributed by atoms with Crippen LogP contribution in [0.15, 0.2) is 24.3 Å². The van der Waals surface area contributed by atoms with Crippen LogP contribution >= 0.6 is 0 Å². The number of hydrogen-bond acceptors (Lipinski definition) is 3. The summed E-state index contributed by atoms with van der Waals surface area (Å²) in [4.78, 5) is 23.7. The number of morpholine rings is 1. The van der Waals surface area contributed by atoms with Gasteiger partial charge in [0, 0.05) is 18.7 Å². The average molecular weight is 267 g/mol. The fourth-order valence-electron chi connectivity index (χ4n) is 1.98. The van der Waals surface area contributed by atoms with Crippen molar-refractivity contribution in [3.05, 3.63) is 35.6 Å². The fourth-order valence-corrected chi connectivity index (χ4v) is 1.98. The van der Waals surface area contributed by atoms with Crippen molar-refractivity contribution in [3.63, 3.8) is 0 Å². The third-order valence-corrected chi connectivity index (χ3v) is 2.94. The Kier molecular flexibility index (Phi) is 4.11. The number of aliphatic carboxylic acids is 1. The Bertz CT molecular complexity index is 491. The molecule has 1 N–H and O–H groups in total. The third kappa shape index (κ3) is 3.51. The van der Waals surface area contributed by atoms with Gasteiger partial charge in [0.25, 0.3) is 0 Å². The molecule has 0 saturated carbocycles. The quantitative estimate of drug-likeness (QED) is 0.884. The number of nitrogens with zero attached hydrogens (tertiary/aromatic N) is 1. The summed E-state index contributed by atoms with van der Waals surface area (Å²) in [6.07, 6.45) is -0.705. The molecule has 19 heavy (non-hydrogen) atoms. The molecule has 1 aromatic carbocycles. The second-order valence-electron chi connectivity index (χ2n) is 4.40. The molecule has 1 aromatic rings. The van der Waals surface area contributed by atoms with E-state index in [1.807, 2.05) is 0 Å². The summed E-state index contributed by atoms with van der Waals surface area (Å²) in [5, 5.41) is 8.71. The van der Waals surface area contributed by atoms with Gasteiger partial charge in [-0.2, -0.15) is 0 Å². The maximum absolute atomic E-state index is 13.5. The van der Waals surface area contributed by atoms with Crippen LogP contribution in [0.1, 0.15) is 12.0 Å². The first-order chi connectivity index (χ1) is 9.06. The summed E-state index contributed by atoms with van der Waals surface area (Å²) in [5.74, 6) is -1.62. The number of rotatable bonds is 4. The van der Waals surface area contributed by atoms with Crippen molar-refractivity contribution >= 4 is 11.9 Å². The molecule has 102 valence electrons. The fraction of sp³-hybridized carbons (Fsp3) is 0.385. The van der Waals surface area contributed by atoms with Crippen molar-refractivity contribution in [2.24, 2.45) is 0 Å². The minimum Gasteiger partial charge on any atom is -0.481 e. The summed E-state index contributed by atoms with van der Waals surface area (Å²) in [7, 11) is 0. The summed E-state index contributed by atoms with van der Waals surface area (Å²) < 4.78 is 18.6. The first-order valence-corrected chi connectivity index (χ1v) is 5.91. The third-order valence-electron chi connectivity index (χ3n) is 2.94. The number of amides is 1. The molecule has 1 unspecified atom stereocenters. The van der Waals surface area contributed by atoms with E-state index >= 15 is 0 Å². The van der Waals surface area contributed by atoms with Crippen molar-refractivity contribution < 1.29 is 23.8 Å². The monoisotopic (exact) mass is 267 g/mol. The number of hydrogen-bond donors (Lipinski definition) is 1. The van der Waals surface area contributed by atoms with Gasteiger partial charge in [-0.3, -0.25) is 9.59 Å². The molecule has 1 heterocycles. The Morgan fingerprint density at radius 1 is 1.47 bits per heavy atom. The van der Waals surface area contributed by atoms with E-state index < -0.39 is 12.1 Å². The molecule has 1 amide bonds. The van der Waals surface area contributed by atoms with E-state index in [1.165, 1.54) is 11.0 Å². The van der Waals surface area contributed by atoms with E-state index in [4.69, 9.17) is 9.84 Å². The predicted octanol–water partition coefficient (Wildman–Crippen LogP) is 1.03. The molecule has 1 fully saturated rings. The van der Waals surface area contributed by atoms with Gasteiger partial charge in [-0.25, -0.2) is 4.39 Å². The van der Waals surface area contributed by atoms with Crippen molar-refractivity contribution in [2.75, 3.05) is 13.2 Å². The molecule has 0 aliphatic carbocycles. The molecule has 1 saturated heterocycles. The van der Waals surface area contributed by atoms with Crippen LogP contribution in [-0.2, 0) is 20.9 Å². The maximum atomic E-state index is 13.5. The second-order valence-corrected chi connectivity index (χ2v) is 4.40. The summed E-state index contributed by atoms with van der Waals surface area (Å²) in [6.45, 7) is 0.136. The van der Waals surface area contributed by atoms with Crippen molar-refractivity contribution in [3.8, 4) is 0 Å². The number of carbonyl (C=O) groups excluding carboxylic acids is 1. The van der Waals surface area contributed by atoms with Crippen LogP contribution in [0.2, 0.25) is 0 Å². The zero-order valence-electron chi connectivity index (χ0n) is 10.2. The molecular weight excluding hydrogens is 253 g/mol. The van der Waals surface area contributed by atoms with Crippen LogP contribution in [0.5, 0.6) is 0 Å². The molecule has 2 rings (SSSR count). The van der Waals surface area contributed by atoms with Gasteiger partial charge < -0.3 is 14.7 Å². The van der Waals surface area contributed by atoms with Gasteiger partial charge in [-0.1, -0.05) is 18.2 Å². The Morgan fingerprint density at radius 3 is 2.89 bits per heavy atom. The topological polar surface area (TPSA) is 66.8 Å². The van der Waals surface area contributed by atoms with Crippen molar-refractivity contribution in [1.29, 1.82) is 0 Å². The number of carboxylic acid groups (broad SMARTS) is 1. The van der Waals surface area contributed by atoms with E-state index in [2.05, 4.69) is 0 Å². The zero-order valence-corrected chi connectivity index (χ0v) is 10.2. The maximum Gasteiger partial charge on any atom is 0.306 e. The van der Waals surface area contributed by atoms with E-state index in [0.717, 1.165) is 0 Å². The predicted molar refractivity (Wildman–Crippen MR) is 63.8 cm³/mol. The van der Waals surface area contributed by atoms with E-state index in [9.17, 15) is 14.0 Å². The van der Waals surface area contributed by atoms with E-state index in [-0.39, 0.29) is 37.8 Å². The van der Waals surface area contributed by atoms with Crippen LogP contribution in [0.3, 0.4) is 0 Å². The zero-order chi connectivity index (χ0) is 13.8. The average Bonchev–Trinajstić information content (AvgIpc) is 2.35. The summed E-state index contributed by atoms with van der Waals surface area (Å²) in [6, 6.07) is 6.20. The van der Waals surface area contributed by atoms with Crippen LogP contribution < -0.4 is 0 Å². The minimum atomic E-state index is -0.981. The first-order valence-electron chi connectivity index (χ1n) is 5.91. The Balaban J connectivity index is 2.03. The standard InChI is InChI=1S/C13H14FNO4/c14-11-4-2-1-3-9(11)6-15-7-10(5-13(17)18)19-8-12(15)16/h1-4,10H,5-8H2,(H,17,18). The minimum absolute atomic E-state index is 0.130. The highest BCUT2D eigenvalue weighted by Gasteiger charge is 2.28. The number of carboxylic acids is 1. The molecule has 0 radical (unpaired) electrons. The molecule has 0 bridgehead atoms. The largest absolute Gasteiger partial charge is 0.481 e. The SMILES string of the molecule is O=C(O)CC1CN(Cc2ccccc2F)C(=O)CO1. The number of ether oxygens (including phenoxy) is 1. The van der Waals surface area contributed by atoms with Gasteiger partial charge in [0.05, 0.1) is 12.5 Å². The summed E-state index contributed by atoms with van der Waals surface area (Å²) >= 11 is 0. The number of carbonyl (C=O) groups is 2. The lowest BCUT2D eigenvalue weighted by molar-refractivity contribution is -0.155. The first kappa shape index (κ1) is 13.5. The lowest BCUT2D eigenvalue weighted by atomic mass is 10.1.